The number of rotatable bonds is 14. The van der Waals surface area contributed by atoms with Gasteiger partial charge in [0.2, 0.25) is 0 Å². The van der Waals surface area contributed by atoms with Crippen LogP contribution in [0, 0.1) is 0 Å². The zero-order valence-corrected chi connectivity index (χ0v) is 30.0. The Kier molecular flexibility index (Phi) is 9.62. The summed E-state index contributed by atoms with van der Waals surface area (Å²) in [6.07, 6.45) is 12.5. The van der Waals surface area contributed by atoms with Crippen LogP contribution in [0.3, 0.4) is 0 Å². The van der Waals surface area contributed by atoms with Gasteiger partial charge in [0.05, 0.1) is 29.8 Å². The van der Waals surface area contributed by atoms with Gasteiger partial charge in [-0.05, 0) is 56.8 Å². The topological polar surface area (TPSA) is 74.8 Å². The Bertz CT molecular complexity index is 1590. The molecule has 6 nitrogen and oxygen atoms in total. The number of amides is 4. The highest BCUT2D eigenvalue weighted by Gasteiger charge is 2.44. The smallest absolute Gasteiger partial charge is 0.262 e. The van der Waals surface area contributed by atoms with Crippen LogP contribution >= 0.6 is 54.5 Å². The first-order chi connectivity index (χ1) is 21.3. The van der Waals surface area contributed by atoms with Gasteiger partial charge in [-0.2, -0.15) is 0 Å². The van der Waals surface area contributed by atoms with Crippen LogP contribution in [0.25, 0.3) is 30.9 Å². The van der Waals surface area contributed by atoms with Gasteiger partial charge in [-0.15, -0.1) is 22.7 Å². The quantitative estimate of drug-likeness (QED) is 0.0948. The van der Waals surface area contributed by atoms with Crippen LogP contribution in [-0.4, -0.2) is 46.5 Å². The van der Waals surface area contributed by atoms with E-state index in [9.17, 15) is 19.2 Å². The molecule has 2 aromatic heterocycles. The number of thiophene rings is 2. The summed E-state index contributed by atoms with van der Waals surface area (Å²) in [5.74, 6) is -1.35. The Balaban J connectivity index is 1.50. The Morgan fingerprint density at radius 3 is 1.25 bits per heavy atom. The van der Waals surface area contributed by atoms with Gasteiger partial charge in [0.1, 0.15) is 0 Å². The van der Waals surface area contributed by atoms with E-state index in [0.717, 1.165) is 71.8 Å². The minimum atomic E-state index is -0.340. The second-order valence-electron chi connectivity index (χ2n) is 11.9. The van der Waals surface area contributed by atoms with Gasteiger partial charge < -0.3 is 0 Å². The van der Waals surface area contributed by atoms with Gasteiger partial charge in [0.15, 0.2) is 0 Å². The van der Waals surface area contributed by atoms with Crippen LogP contribution in [0.1, 0.15) is 132 Å². The molecule has 0 saturated carbocycles. The summed E-state index contributed by atoms with van der Waals surface area (Å²) in [5.41, 5.74) is 1.73. The maximum Gasteiger partial charge on any atom is 0.262 e. The normalized spacial score (nSPS) is 14.8. The third-order valence-electron chi connectivity index (χ3n) is 8.95. The second kappa shape index (κ2) is 13.3. The van der Waals surface area contributed by atoms with Gasteiger partial charge in [-0.25, -0.2) is 0 Å². The molecule has 2 aliphatic heterocycles. The summed E-state index contributed by atoms with van der Waals surface area (Å²) in [6, 6.07) is 3.78. The lowest BCUT2D eigenvalue weighted by atomic mass is 9.82. The monoisotopic (exact) mass is 758 g/mol. The summed E-state index contributed by atoms with van der Waals surface area (Å²) in [4.78, 5) is 59.8. The van der Waals surface area contributed by atoms with Gasteiger partial charge >= 0.3 is 0 Å². The Morgan fingerprint density at radius 2 is 0.864 bits per heavy atom. The van der Waals surface area contributed by atoms with Gasteiger partial charge in [0, 0.05) is 44.0 Å². The van der Waals surface area contributed by atoms with Crippen molar-refractivity contribution in [2.24, 2.45) is 0 Å². The first kappa shape index (κ1) is 31.8. The molecule has 0 unspecified atom stereocenters. The number of imide groups is 2. The number of carbonyl (C=O) groups is 4. The highest BCUT2D eigenvalue weighted by Crippen LogP contribution is 2.51. The Morgan fingerprint density at radius 1 is 0.523 bits per heavy atom. The number of unbranched alkanes of at least 4 members (excludes halogenated alkanes) is 10. The van der Waals surface area contributed by atoms with Crippen molar-refractivity contribution in [2.75, 3.05) is 13.1 Å². The first-order valence-electron chi connectivity index (χ1n) is 15.9. The lowest BCUT2D eigenvalue weighted by Crippen LogP contribution is -2.44. The average molecular weight is 761 g/mol. The molecule has 0 saturated heterocycles. The standard InChI is InChI=1S/C34H36Br2N2O4S2/c1-3-5-7-9-11-13-15-37-31(39)23-19-17-21(35)44-30(19)28-26-24(20-18-22(36)43-29(20)27(25(23)26)33(37)41)32(40)38(34(28)42)16-14-12-10-8-6-4-2/h17-18H,3-16H2,1-2H3. The number of benzene rings is 2. The molecule has 10 heteroatoms. The maximum atomic E-state index is 14.3. The van der Waals surface area contributed by atoms with Crippen molar-refractivity contribution in [3.05, 3.63) is 42.0 Å². The van der Waals surface area contributed by atoms with E-state index in [1.165, 1.54) is 45.3 Å². The minimum absolute atomic E-state index is 0.337. The number of carbonyl (C=O) groups excluding carboxylic acids is 4. The van der Waals surface area contributed by atoms with Crippen molar-refractivity contribution >= 4 is 109 Å². The van der Waals surface area contributed by atoms with Crippen LogP contribution < -0.4 is 0 Å². The molecule has 44 heavy (non-hydrogen) atoms. The fraction of sp³-hybridized carbons (Fsp3) is 0.471. The van der Waals surface area contributed by atoms with Crippen LogP contribution in [0.15, 0.2) is 19.7 Å². The lowest BCUT2D eigenvalue weighted by Gasteiger charge is -2.33. The molecule has 232 valence electrons. The molecule has 0 atom stereocenters. The molecular formula is C34H36Br2N2O4S2. The molecule has 0 radical (unpaired) electrons. The van der Waals surface area contributed by atoms with Crippen LogP contribution in [0.4, 0.5) is 0 Å². The van der Waals surface area contributed by atoms with Crippen molar-refractivity contribution in [1.29, 1.82) is 0 Å². The fourth-order valence-corrected chi connectivity index (χ4v) is 10.1. The number of hydrogen-bond acceptors (Lipinski definition) is 6. The van der Waals surface area contributed by atoms with Crippen molar-refractivity contribution < 1.29 is 19.2 Å². The minimum Gasteiger partial charge on any atom is -0.274 e. The second-order valence-corrected chi connectivity index (χ2v) is 16.8. The molecule has 4 heterocycles. The molecular weight excluding hydrogens is 724 g/mol. The molecule has 0 N–H and O–H groups in total. The molecule has 2 aromatic carbocycles. The highest BCUT2D eigenvalue weighted by molar-refractivity contribution is 9.11. The lowest BCUT2D eigenvalue weighted by molar-refractivity contribution is 0.0590. The highest BCUT2D eigenvalue weighted by atomic mass is 79.9. The Labute approximate surface area is 282 Å². The molecule has 0 spiro atoms. The number of fused-ring (bicyclic) bond motifs is 6. The van der Waals surface area contributed by atoms with E-state index in [1.807, 2.05) is 12.1 Å². The van der Waals surface area contributed by atoms with E-state index in [-0.39, 0.29) is 23.6 Å². The molecule has 0 fully saturated rings. The van der Waals surface area contributed by atoms with Crippen LogP contribution in [0.2, 0.25) is 0 Å². The van der Waals surface area contributed by atoms with Crippen molar-refractivity contribution in [1.82, 2.24) is 9.80 Å². The van der Waals surface area contributed by atoms with Crippen molar-refractivity contribution in [3.8, 4) is 0 Å². The summed E-state index contributed by atoms with van der Waals surface area (Å²) >= 11 is 10.0. The number of hydrogen-bond donors (Lipinski definition) is 0. The zero-order chi connectivity index (χ0) is 31.1. The van der Waals surface area contributed by atoms with Gasteiger partial charge in [0.25, 0.3) is 23.6 Å². The predicted molar refractivity (Wildman–Crippen MR) is 188 cm³/mol. The molecule has 0 aliphatic carbocycles. The molecule has 4 aromatic rings. The third kappa shape index (κ3) is 5.37. The van der Waals surface area contributed by atoms with E-state index < -0.39 is 0 Å². The molecule has 2 aliphatic rings. The molecule has 0 bridgehead atoms. The van der Waals surface area contributed by atoms with E-state index >= 15 is 0 Å². The third-order valence-corrected chi connectivity index (χ3v) is 12.3. The van der Waals surface area contributed by atoms with E-state index in [0.29, 0.717) is 66.3 Å². The summed E-state index contributed by atoms with van der Waals surface area (Å²) in [5, 5.41) is 2.26. The first-order valence-corrected chi connectivity index (χ1v) is 19.1. The van der Waals surface area contributed by atoms with E-state index in [1.54, 1.807) is 0 Å². The zero-order valence-electron chi connectivity index (χ0n) is 25.2. The van der Waals surface area contributed by atoms with Gasteiger partial charge in [-0.3, -0.25) is 29.0 Å². The number of halogens is 2. The molecule has 6 rings (SSSR count). The summed E-state index contributed by atoms with van der Waals surface area (Å²) < 4.78 is 2.96. The average Bonchev–Trinajstić information content (AvgIpc) is 3.57. The fourth-order valence-electron chi connectivity index (χ4n) is 6.79. The molecule has 4 amide bonds. The maximum absolute atomic E-state index is 14.3. The largest absolute Gasteiger partial charge is 0.274 e. The number of nitrogens with zero attached hydrogens (tertiary/aromatic N) is 2. The Hall–Kier alpha value is -2.14. The van der Waals surface area contributed by atoms with E-state index in [2.05, 4.69) is 45.7 Å². The SMILES string of the molecule is CCCCCCCCN1C(=O)c2c3cc(Br)sc3c3c4c(c5cc(Br)sc5c(c24)C1=O)C(=O)N(CCCCCCCC)C3=O. The van der Waals surface area contributed by atoms with Crippen LogP contribution in [-0.2, 0) is 0 Å². The van der Waals surface area contributed by atoms with E-state index in [4.69, 9.17) is 0 Å². The predicted octanol–water partition coefficient (Wildman–Crippen LogP) is 10.7. The van der Waals surface area contributed by atoms with Crippen molar-refractivity contribution in [3.63, 3.8) is 0 Å². The van der Waals surface area contributed by atoms with Crippen molar-refractivity contribution in [2.45, 2.75) is 90.9 Å². The van der Waals surface area contributed by atoms with Crippen LogP contribution in [0.5, 0.6) is 0 Å². The summed E-state index contributed by atoms with van der Waals surface area (Å²) in [7, 11) is 0. The summed E-state index contributed by atoms with van der Waals surface area (Å²) in [6.45, 7) is 5.05. The van der Waals surface area contributed by atoms with Gasteiger partial charge in [-0.1, -0.05) is 78.1 Å².